The van der Waals surface area contributed by atoms with E-state index in [2.05, 4.69) is 5.32 Å². The highest BCUT2D eigenvalue weighted by atomic mass is 16.5. The van der Waals surface area contributed by atoms with Crippen molar-refractivity contribution in [2.45, 2.75) is 26.3 Å². The summed E-state index contributed by atoms with van der Waals surface area (Å²) < 4.78 is 10.4. The van der Waals surface area contributed by atoms with Crippen LogP contribution in [0.4, 0.5) is 0 Å². The van der Waals surface area contributed by atoms with E-state index in [1.165, 1.54) is 0 Å². The minimum Gasteiger partial charge on any atom is -0.497 e. The Morgan fingerprint density at radius 1 is 0.917 bits per heavy atom. The molecule has 128 valence electrons. The van der Waals surface area contributed by atoms with Gasteiger partial charge in [0, 0.05) is 5.92 Å². The number of amides is 1. The maximum atomic E-state index is 12.2. The van der Waals surface area contributed by atoms with Gasteiger partial charge in [-0.15, -0.1) is 0 Å². The summed E-state index contributed by atoms with van der Waals surface area (Å²) in [6, 6.07) is 15.7. The first-order chi connectivity index (χ1) is 11.5. The molecule has 2 aromatic carbocycles. The molecule has 1 unspecified atom stereocenters. The summed E-state index contributed by atoms with van der Waals surface area (Å²) in [5, 5.41) is 3.14. The summed E-state index contributed by atoms with van der Waals surface area (Å²) in [7, 11) is 3.29. The lowest BCUT2D eigenvalue weighted by Crippen LogP contribution is -2.33. The van der Waals surface area contributed by atoms with E-state index in [-0.39, 0.29) is 17.9 Å². The molecule has 0 aliphatic carbocycles. The molecule has 0 bridgehead atoms. The lowest BCUT2D eigenvalue weighted by atomic mass is 9.98. The summed E-state index contributed by atoms with van der Waals surface area (Å²) in [6.45, 7) is 3.79. The minimum atomic E-state index is -0.0841. The zero-order chi connectivity index (χ0) is 17.5. The molecule has 4 nitrogen and oxygen atoms in total. The molecule has 0 spiro atoms. The fourth-order valence-corrected chi connectivity index (χ4v) is 2.42. The minimum absolute atomic E-state index is 0.0457. The number of hydrogen-bond donors (Lipinski definition) is 1. The molecule has 0 saturated heterocycles. The maximum absolute atomic E-state index is 12.2. The van der Waals surface area contributed by atoms with Crippen molar-refractivity contribution >= 4 is 5.91 Å². The van der Waals surface area contributed by atoms with E-state index in [0.29, 0.717) is 0 Å². The monoisotopic (exact) mass is 327 g/mol. The number of ether oxygens (including phenoxy) is 2. The molecular weight excluding hydrogens is 302 g/mol. The van der Waals surface area contributed by atoms with Crippen molar-refractivity contribution < 1.29 is 14.3 Å². The molecule has 1 amide bonds. The van der Waals surface area contributed by atoms with Gasteiger partial charge in [-0.3, -0.25) is 4.79 Å². The molecule has 1 N–H and O–H groups in total. The molecule has 0 saturated carbocycles. The van der Waals surface area contributed by atoms with Crippen molar-refractivity contribution in [1.82, 2.24) is 5.32 Å². The Kier molecular flexibility index (Phi) is 6.24. The van der Waals surface area contributed by atoms with E-state index in [9.17, 15) is 4.79 Å². The zero-order valence-electron chi connectivity index (χ0n) is 14.7. The van der Waals surface area contributed by atoms with Gasteiger partial charge in [0.05, 0.1) is 20.3 Å². The molecule has 24 heavy (non-hydrogen) atoms. The van der Waals surface area contributed by atoms with Crippen molar-refractivity contribution in [3.05, 3.63) is 59.7 Å². The van der Waals surface area contributed by atoms with Crippen molar-refractivity contribution in [1.29, 1.82) is 0 Å². The average molecular weight is 327 g/mol. The molecule has 1 atom stereocenters. The summed E-state index contributed by atoms with van der Waals surface area (Å²) in [5.41, 5.74) is 2.20. The molecule has 0 aliphatic rings. The van der Waals surface area contributed by atoms with Gasteiger partial charge in [-0.2, -0.15) is 0 Å². The highest BCUT2D eigenvalue weighted by Crippen LogP contribution is 2.23. The zero-order valence-corrected chi connectivity index (χ0v) is 14.7. The number of benzene rings is 2. The van der Waals surface area contributed by atoms with Crippen molar-refractivity contribution in [2.75, 3.05) is 14.2 Å². The fraction of sp³-hybridized carbons (Fsp3) is 0.350. The molecule has 0 aromatic heterocycles. The number of nitrogens with one attached hydrogen (secondary N) is 1. The molecule has 0 heterocycles. The standard InChI is InChI=1S/C20H25NO3/c1-14(2)20(22)21-19(16-7-11-18(24-4)12-8-16)13-15-5-9-17(23-3)10-6-15/h5-12,14,19H,13H2,1-4H3,(H,21,22). The molecule has 2 rings (SSSR count). The summed E-state index contributed by atoms with van der Waals surface area (Å²) in [5.74, 6) is 1.62. The molecular formula is C20H25NO3. The van der Waals surface area contributed by atoms with Gasteiger partial charge in [-0.1, -0.05) is 38.1 Å². The Morgan fingerprint density at radius 3 is 1.88 bits per heavy atom. The number of carbonyl (C=O) groups excluding carboxylic acids is 1. The smallest absolute Gasteiger partial charge is 0.223 e. The van der Waals surface area contributed by atoms with Crippen molar-refractivity contribution in [3.63, 3.8) is 0 Å². The predicted molar refractivity (Wildman–Crippen MR) is 95.4 cm³/mol. The van der Waals surface area contributed by atoms with Gasteiger partial charge in [0.1, 0.15) is 11.5 Å². The van der Waals surface area contributed by atoms with Crippen LogP contribution in [-0.2, 0) is 11.2 Å². The van der Waals surface area contributed by atoms with E-state index in [1.54, 1.807) is 14.2 Å². The van der Waals surface area contributed by atoms with Crippen LogP contribution in [0.2, 0.25) is 0 Å². The Morgan fingerprint density at radius 2 is 1.42 bits per heavy atom. The fourth-order valence-electron chi connectivity index (χ4n) is 2.42. The average Bonchev–Trinajstić information content (AvgIpc) is 2.61. The van der Waals surface area contributed by atoms with Crippen LogP contribution in [-0.4, -0.2) is 20.1 Å². The van der Waals surface area contributed by atoms with Gasteiger partial charge in [0.2, 0.25) is 5.91 Å². The lowest BCUT2D eigenvalue weighted by Gasteiger charge is -2.21. The Balaban J connectivity index is 2.21. The van der Waals surface area contributed by atoms with Crippen LogP contribution in [0, 0.1) is 5.92 Å². The largest absolute Gasteiger partial charge is 0.497 e. The van der Waals surface area contributed by atoms with E-state index in [0.717, 1.165) is 29.0 Å². The van der Waals surface area contributed by atoms with Crippen LogP contribution in [0.3, 0.4) is 0 Å². The second-order valence-electron chi connectivity index (χ2n) is 6.04. The van der Waals surface area contributed by atoms with Gasteiger partial charge < -0.3 is 14.8 Å². The first-order valence-corrected chi connectivity index (χ1v) is 8.10. The molecule has 0 fully saturated rings. The third-order valence-corrected chi connectivity index (χ3v) is 3.96. The maximum Gasteiger partial charge on any atom is 0.223 e. The quantitative estimate of drug-likeness (QED) is 0.842. The van der Waals surface area contributed by atoms with E-state index in [1.807, 2.05) is 62.4 Å². The van der Waals surface area contributed by atoms with Crippen LogP contribution < -0.4 is 14.8 Å². The Bertz CT molecular complexity index is 648. The number of hydrogen-bond acceptors (Lipinski definition) is 3. The Labute approximate surface area is 143 Å². The van der Waals surface area contributed by atoms with Gasteiger partial charge in [0.15, 0.2) is 0 Å². The third-order valence-electron chi connectivity index (χ3n) is 3.96. The van der Waals surface area contributed by atoms with Gasteiger partial charge in [-0.05, 0) is 41.8 Å². The summed E-state index contributed by atoms with van der Waals surface area (Å²) in [4.78, 5) is 12.2. The lowest BCUT2D eigenvalue weighted by molar-refractivity contribution is -0.124. The first-order valence-electron chi connectivity index (χ1n) is 8.10. The topological polar surface area (TPSA) is 47.6 Å². The van der Waals surface area contributed by atoms with Crippen LogP contribution >= 0.6 is 0 Å². The Hall–Kier alpha value is -2.49. The highest BCUT2D eigenvalue weighted by Gasteiger charge is 2.17. The SMILES string of the molecule is COc1ccc(CC(NC(=O)C(C)C)c2ccc(OC)cc2)cc1. The van der Waals surface area contributed by atoms with E-state index >= 15 is 0 Å². The van der Waals surface area contributed by atoms with E-state index in [4.69, 9.17) is 9.47 Å². The third kappa shape index (κ3) is 4.75. The highest BCUT2D eigenvalue weighted by molar-refractivity contribution is 5.78. The van der Waals surface area contributed by atoms with E-state index < -0.39 is 0 Å². The second kappa shape index (κ2) is 8.39. The molecule has 0 radical (unpaired) electrons. The number of methoxy groups -OCH3 is 2. The van der Waals surface area contributed by atoms with Crippen LogP contribution in [0.1, 0.15) is 31.0 Å². The normalized spacial score (nSPS) is 11.9. The first kappa shape index (κ1) is 17.9. The van der Waals surface area contributed by atoms with Crippen LogP contribution in [0.25, 0.3) is 0 Å². The van der Waals surface area contributed by atoms with Gasteiger partial charge in [0.25, 0.3) is 0 Å². The van der Waals surface area contributed by atoms with Crippen molar-refractivity contribution in [2.24, 2.45) is 5.92 Å². The molecule has 2 aromatic rings. The number of rotatable bonds is 7. The molecule has 4 heteroatoms. The van der Waals surface area contributed by atoms with Gasteiger partial charge in [-0.25, -0.2) is 0 Å². The second-order valence-corrected chi connectivity index (χ2v) is 6.04. The molecule has 0 aliphatic heterocycles. The van der Waals surface area contributed by atoms with Crippen LogP contribution in [0.15, 0.2) is 48.5 Å². The summed E-state index contributed by atoms with van der Waals surface area (Å²) >= 11 is 0. The van der Waals surface area contributed by atoms with Gasteiger partial charge >= 0.3 is 0 Å². The number of carbonyl (C=O) groups is 1. The van der Waals surface area contributed by atoms with Crippen LogP contribution in [0.5, 0.6) is 11.5 Å². The predicted octanol–water partition coefficient (Wildman–Crippen LogP) is 3.76. The summed E-state index contributed by atoms with van der Waals surface area (Å²) in [6.07, 6.45) is 0.717. The van der Waals surface area contributed by atoms with Crippen molar-refractivity contribution in [3.8, 4) is 11.5 Å².